The summed E-state index contributed by atoms with van der Waals surface area (Å²) in [6.45, 7) is 0.601. The molecular weight excluding hydrogens is 178 g/mol. The van der Waals surface area contributed by atoms with Crippen LogP contribution in [0.3, 0.4) is 0 Å². The smallest absolute Gasteiger partial charge is 0.157 e. The summed E-state index contributed by atoms with van der Waals surface area (Å²) in [4.78, 5) is 10.9. The minimum atomic E-state index is -0.236. The number of ketones is 1. The van der Waals surface area contributed by atoms with Crippen molar-refractivity contribution in [3.8, 4) is 0 Å². The van der Waals surface area contributed by atoms with E-state index in [9.17, 15) is 9.90 Å². The summed E-state index contributed by atoms with van der Waals surface area (Å²) in [6, 6.07) is 0. The molecule has 0 aromatic rings. The van der Waals surface area contributed by atoms with Gasteiger partial charge in [-0.3, -0.25) is 4.79 Å². The Morgan fingerprint density at radius 2 is 2.29 bits per heavy atom. The number of carbonyl (C=O) groups excluding carboxylic acids is 1. The van der Waals surface area contributed by atoms with Crippen molar-refractivity contribution in [2.24, 2.45) is 5.92 Å². The Kier molecular flexibility index (Phi) is 2.87. The van der Waals surface area contributed by atoms with Crippen molar-refractivity contribution in [3.05, 3.63) is 11.8 Å². The fourth-order valence-electron chi connectivity index (χ4n) is 1.96. The highest BCUT2D eigenvalue weighted by Gasteiger charge is 2.25. The molecule has 0 aromatic heterocycles. The van der Waals surface area contributed by atoms with Crippen LogP contribution in [0, 0.1) is 5.92 Å². The number of hydrogen-bond acceptors (Lipinski definition) is 3. The van der Waals surface area contributed by atoms with Gasteiger partial charge in [-0.1, -0.05) is 6.42 Å². The first-order chi connectivity index (χ1) is 6.75. The molecule has 0 saturated heterocycles. The number of hydrogen-bond donors (Lipinski definition) is 2. The van der Waals surface area contributed by atoms with Gasteiger partial charge >= 0.3 is 0 Å². The summed E-state index contributed by atoms with van der Waals surface area (Å²) in [7, 11) is 0. The zero-order valence-corrected chi connectivity index (χ0v) is 8.33. The summed E-state index contributed by atoms with van der Waals surface area (Å²) in [5.41, 5.74) is 0.994. The molecule has 2 aliphatic rings. The molecule has 0 spiro atoms. The lowest BCUT2D eigenvalue weighted by Gasteiger charge is -2.30. The predicted octanol–water partition coefficient (Wildman–Crippen LogP) is 0.984. The van der Waals surface area contributed by atoms with Gasteiger partial charge in [-0.05, 0) is 25.2 Å². The van der Waals surface area contributed by atoms with Crippen molar-refractivity contribution < 1.29 is 9.90 Å². The Hall–Kier alpha value is -0.830. The molecule has 2 aliphatic carbocycles. The second kappa shape index (κ2) is 4.13. The minimum Gasteiger partial charge on any atom is -0.391 e. The predicted molar refractivity (Wildman–Crippen MR) is 53.7 cm³/mol. The van der Waals surface area contributed by atoms with E-state index in [0.29, 0.717) is 18.9 Å². The third kappa shape index (κ3) is 2.15. The second-order valence-corrected chi connectivity index (χ2v) is 4.28. The number of allylic oxidation sites excluding steroid dienone is 2. The summed E-state index contributed by atoms with van der Waals surface area (Å²) in [5, 5.41) is 12.9. The Balaban J connectivity index is 1.71. The van der Waals surface area contributed by atoms with Crippen molar-refractivity contribution in [1.29, 1.82) is 0 Å². The van der Waals surface area contributed by atoms with Crippen LogP contribution in [0.1, 0.15) is 32.1 Å². The van der Waals surface area contributed by atoms with Gasteiger partial charge in [0.25, 0.3) is 0 Å². The van der Waals surface area contributed by atoms with Crippen LogP contribution in [0.25, 0.3) is 0 Å². The largest absolute Gasteiger partial charge is 0.391 e. The maximum atomic E-state index is 10.9. The molecular formula is C11H17NO2. The Bertz CT molecular complexity index is 256. The molecule has 0 radical (unpaired) electrons. The highest BCUT2D eigenvalue weighted by Crippen LogP contribution is 2.29. The molecule has 0 amide bonds. The Morgan fingerprint density at radius 1 is 1.50 bits per heavy atom. The number of aliphatic hydroxyl groups is 1. The van der Waals surface area contributed by atoms with Crippen LogP contribution in [-0.2, 0) is 4.79 Å². The lowest BCUT2D eigenvalue weighted by Crippen LogP contribution is -2.35. The molecule has 78 valence electrons. The number of aliphatic hydroxyl groups excluding tert-OH is 1. The van der Waals surface area contributed by atoms with E-state index in [0.717, 1.165) is 25.0 Å². The maximum absolute atomic E-state index is 10.9. The van der Waals surface area contributed by atoms with E-state index in [1.807, 2.05) is 0 Å². The van der Waals surface area contributed by atoms with Crippen LogP contribution >= 0.6 is 0 Å². The van der Waals surface area contributed by atoms with E-state index in [1.54, 1.807) is 6.08 Å². The summed E-state index contributed by atoms with van der Waals surface area (Å²) in [5.74, 6) is 0.686. The van der Waals surface area contributed by atoms with Crippen LogP contribution in [-0.4, -0.2) is 23.5 Å². The van der Waals surface area contributed by atoms with Crippen molar-refractivity contribution in [1.82, 2.24) is 5.32 Å². The van der Waals surface area contributed by atoms with Crippen LogP contribution < -0.4 is 5.32 Å². The fourth-order valence-corrected chi connectivity index (χ4v) is 1.96. The third-order valence-electron chi connectivity index (χ3n) is 3.21. The molecule has 1 saturated carbocycles. The fraction of sp³-hybridized carbons (Fsp3) is 0.727. The Morgan fingerprint density at radius 3 is 2.79 bits per heavy atom. The van der Waals surface area contributed by atoms with E-state index in [-0.39, 0.29) is 11.9 Å². The van der Waals surface area contributed by atoms with Crippen molar-refractivity contribution >= 4 is 5.78 Å². The van der Waals surface area contributed by atoms with Gasteiger partial charge in [-0.25, -0.2) is 0 Å². The molecule has 2 N–H and O–H groups in total. The third-order valence-corrected chi connectivity index (χ3v) is 3.21. The molecule has 0 bridgehead atoms. The van der Waals surface area contributed by atoms with Crippen LogP contribution in [0.2, 0.25) is 0 Å². The quantitative estimate of drug-likeness (QED) is 0.703. The van der Waals surface area contributed by atoms with E-state index in [1.165, 1.54) is 6.42 Å². The Labute approximate surface area is 84.2 Å². The first-order valence-corrected chi connectivity index (χ1v) is 5.41. The van der Waals surface area contributed by atoms with Gasteiger partial charge in [0.1, 0.15) is 0 Å². The average Bonchev–Trinajstić information content (AvgIpc) is 2.45. The van der Waals surface area contributed by atoms with Crippen LogP contribution in [0.4, 0.5) is 0 Å². The first-order valence-electron chi connectivity index (χ1n) is 5.41. The highest BCUT2D eigenvalue weighted by atomic mass is 16.3. The standard InChI is InChI=1S/C11H17NO2/c13-10-5-4-9(6-10)12-7-11(14)8-2-1-3-8/h6,8,11-12,14H,1-5,7H2. The average molecular weight is 195 g/mol. The van der Waals surface area contributed by atoms with Gasteiger partial charge < -0.3 is 10.4 Å². The van der Waals surface area contributed by atoms with Crippen LogP contribution in [0.5, 0.6) is 0 Å². The van der Waals surface area contributed by atoms with Crippen molar-refractivity contribution in [2.45, 2.75) is 38.2 Å². The number of nitrogens with one attached hydrogen (secondary N) is 1. The maximum Gasteiger partial charge on any atom is 0.157 e. The molecule has 14 heavy (non-hydrogen) atoms. The normalized spacial score (nSPS) is 24.4. The summed E-state index contributed by atoms with van der Waals surface area (Å²) in [6.07, 6.45) is 6.43. The van der Waals surface area contributed by atoms with Gasteiger partial charge in [0.05, 0.1) is 6.10 Å². The molecule has 3 heteroatoms. The van der Waals surface area contributed by atoms with Crippen molar-refractivity contribution in [2.75, 3.05) is 6.54 Å². The van der Waals surface area contributed by atoms with E-state index in [4.69, 9.17) is 0 Å². The molecule has 0 aromatic carbocycles. The second-order valence-electron chi connectivity index (χ2n) is 4.28. The van der Waals surface area contributed by atoms with Gasteiger partial charge in [-0.2, -0.15) is 0 Å². The molecule has 2 rings (SSSR count). The molecule has 0 aliphatic heterocycles. The number of carbonyl (C=O) groups is 1. The highest BCUT2D eigenvalue weighted by molar-refractivity contribution is 5.92. The van der Waals surface area contributed by atoms with Gasteiger partial charge in [-0.15, -0.1) is 0 Å². The van der Waals surface area contributed by atoms with E-state index in [2.05, 4.69) is 5.32 Å². The number of rotatable bonds is 4. The minimum absolute atomic E-state index is 0.200. The van der Waals surface area contributed by atoms with Crippen molar-refractivity contribution in [3.63, 3.8) is 0 Å². The molecule has 0 heterocycles. The van der Waals surface area contributed by atoms with Gasteiger partial charge in [0.2, 0.25) is 0 Å². The molecule has 1 atom stereocenters. The molecule has 1 fully saturated rings. The monoisotopic (exact) mass is 195 g/mol. The van der Waals surface area contributed by atoms with E-state index < -0.39 is 0 Å². The molecule has 3 nitrogen and oxygen atoms in total. The first kappa shape index (κ1) is 9.71. The summed E-state index contributed by atoms with van der Waals surface area (Å²) < 4.78 is 0. The van der Waals surface area contributed by atoms with Crippen LogP contribution in [0.15, 0.2) is 11.8 Å². The zero-order chi connectivity index (χ0) is 9.97. The van der Waals surface area contributed by atoms with Gasteiger partial charge in [0.15, 0.2) is 5.78 Å². The molecule has 1 unspecified atom stereocenters. The lowest BCUT2D eigenvalue weighted by atomic mass is 9.81. The SMILES string of the molecule is O=C1C=C(NCC(O)C2CCC2)CC1. The topological polar surface area (TPSA) is 49.3 Å². The zero-order valence-electron chi connectivity index (χ0n) is 8.33. The summed E-state index contributed by atoms with van der Waals surface area (Å²) >= 11 is 0. The van der Waals surface area contributed by atoms with Gasteiger partial charge in [0, 0.05) is 24.7 Å². The van der Waals surface area contributed by atoms with E-state index >= 15 is 0 Å². The lowest BCUT2D eigenvalue weighted by molar-refractivity contribution is -0.114.